The Morgan fingerprint density at radius 1 is 1.28 bits per heavy atom. The third-order valence-electron chi connectivity index (χ3n) is 3.46. The van der Waals surface area contributed by atoms with E-state index in [4.69, 9.17) is 0 Å². The molecule has 0 spiro atoms. The van der Waals surface area contributed by atoms with E-state index in [1.807, 2.05) is 47.0 Å². The fourth-order valence-corrected chi connectivity index (χ4v) is 3.27. The number of rotatable bonds is 5. The first-order valence-electron chi connectivity index (χ1n) is 7.56. The Hall–Kier alpha value is -3.11. The lowest BCUT2D eigenvalue weighted by Crippen LogP contribution is -2.06. The van der Waals surface area contributed by atoms with Gasteiger partial charge in [0.2, 0.25) is 5.91 Å². The monoisotopic (exact) mass is 349 g/mol. The molecule has 0 aliphatic rings. The number of benzene rings is 2. The molecule has 0 unspecified atom stereocenters. The van der Waals surface area contributed by atoms with Crippen molar-refractivity contribution in [2.75, 3.05) is 5.32 Å². The van der Waals surface area contributed by atoms with Crippen LogP contribution < -0.4 is 5.32 Å². The minimum atomic E-state index is -0.122. The van der Waals surface area contributed by atoms with Gasteiger partial charge in [0.25, 0.3) is 0 Å². The summed E-state index contributed by atoms with van der Waals surface area (Å²) in [5.41, 5.74) is 3.18. The van der Waals surface area contributed by atoms with Crippen molar-refractivity contribution in [3.05, 3.63) is 66.0 Å². The molecule has 0 radical (unpaired) electrons. The molecule has 1 heterocycles. The van der Waals surface area contributed by atoms with Gasteiger partial charge in [0.1, 0.15) is 6.33 Å². The van der Waals surface area contributed by atoms with E-state index in [0.29, 0.717) is 22.2 Å². The van der Waals surface area contributed by atoms with Gasteiger partial charge in [-0.2, -0.15) is 5.26 Å². The second-order valence-electron chi connectivity index (χ2n) is 5.27. The van der Waals surface area contributed by atoms with Gasteiger partial charge < -0.3 is 5.32 Å². The fourth-order valence-electron chi connectivity index (χ4n) is 2.33. The number of anilines is 1. The van der Waals surface area contributed by atoms with Crippen molar-refractivity contribution < 1.29 is 4.79 Å². The highest BCUT2D eigenvalue weighted by Gasteiger charge is 2.10. The Bertz CT molecular complexity index is 944. The summed E-state index contributed by atoms with van der Waals surface area (Å²) in [6.07, 6.45) is 1.63. The number of nitrogens with one attached hydrogen (secondary N) is 1. The Balaban J connectivity index is 1.81. The van der Waals surface area contributed by atoms with Crippen LogP contribution in [0.5, 0.6) is 0 Å². The number of aromatic nitrogens is 3. The highest BCUT2D eigenvalue weighted by molar-refractivity contribution is 7.98. The quantitative estimate of drug-likeness (QED) is 0.714. The smallest absolute Gasteiger partial charge is 0.221 e. The number of hydrogen-bond donors (Lipinski definition) is 1. The summed E-state index contributed by atoms with van der Waals surface area (Å²) >= 11 is 1.50. The second kappa shape index (κ2) is 7.64. The van der Waals surface area contributed by atoms with Gasteiger partial charge in [0.15, 0.2) is 5.16 Å². The SMILES string of the molecule is CC(=O)Nc1cccc(-n2cnnc2SCc2ccccc2C#N)c1. The number of nitriles is 1. The molecule has 0 aliphatic carbocycles. The van der Waals surface area contributed by atoms with Crippen LogP contribution in [0.25, 0.3) is 5.69 Å². The summed E-state index contributed by atoms with van der Waals surface area (Å²) in [5, 5.41) is 20.8. The summed E-state index contributed by atoms with van der Waals surface area (Å²) in [5.74, 6) is 0.497. The standard InChI is InChI=1S/C18H15N5OS/c1-13(24)21-16-7-4-8-17(9-16)23-12-20-22-18(23)25-11-15-6-3-2-5-14(15)10-19/h2-9,12H,11H2,1H3,(H,21,24). The number of nitrogens with zero attached hydrogens (tertiary/aromatic N) is 4. The second-order valence-corrected chi connectivity index (χ2v) is 6.22. The van der Waals surface area contributed by atoms with Gasteiger partial charge in [0, 0.05) is 18.4 Å². The van der Waals surface area contributed by atoms with E-state index in [-0.39, 0.29) is 5.91 Å². The third-order valence-corrected chi connectivity index (χ3v) is 4.45. The summed E-state index contributed by atoms with van der Waals surface area (Å²) in [6, 6.07) is 17.2. The van der Waals surface area contributed by atoms with Crippen LogP contribution in [0.3, 0.4) is 0 Å². The number of carbonyl (C=O) groups excluding carboxylic acids is 1. The van der Waals surface area contributed by atoms with Crippen molar-refractivity contribution in [2.45, 2.75) is 17.8 Å². The molecule has 0 aliphatic heterocycles. The summed E-state index contributed by atoms with van der Waals surface area (Å²) in [6.45, 7) is 1.47. The van der Waals surface area contributed by atoms with Crippen LogP contribution in [0.2, 0.25) is 0 Å². The maximum absolute atomic E-state index is 11.2. The lowest BCUT2D eigenvalue weighted by Gasteiger charge is -2.09. The Morgan fingerprint density at radius 3 is 2.92 bits per heavy atom. The number of hydrogen-bond acceptors (Lipinski definition) is 5. The van der Waals surface area contributed by atoms with Crippen molar-refractivity contribution in [1.82, 2.24) is 14.8 Å². The van der Waals surface area contributed by atoms with Gasteiger partial charge in [-0.05, 0) is 29.8 Å². The van der Waals surface area contributed by atoms with Gasteiger partial charge >= 0.3 is 0 Å². The maximum Gasteiger partial charge on any atom is 0.221 e. The van der Waals surface area contributed by atoms with Crippen LogP contribution >= 0.6 is 11.8 Å². The van der Waals surface area contributed by atoms with Crippen LogP contribution in [-0.2, 0) is 10.5 Å². The van der Waals surface area contributed by atoms with Crippen LogP contribution in [0.1, 0.15) is 18.1 Å². The highest BCUT2D eigenvalue weighted by Crippen LogP contribution is 2.25. The predicted molar refractivity (Wildman–Crippen MR) is 96.4 cm³/mol. The zero-order chi connectivity index (χ0) is 17.6. The van der Waals surface area contributed by atoms with Crippen LogP contribution in [-0.4, -0.2) is 20.7 Å². The number of thioether (sulfide) groups is 1. The van der Waals surface area contributed by atoms with Crippen molar-refractivity contribution in [1.29, 1.82) is 5.26 Å². The van der Waals surface area contributed by atoms with E-state index in [1.54, 1.807) is 12.4 Å². The van der Waals surface area contributed by atoms with Crippen LogP contribution in [0.4, 0.5) is 5.69 Å². The number of amides is 1. The summed E-state index contributed by atoms with van der Waals surface area (Å²) in [7, 11) is 0. The number of carbonyl (C=O) groups is 1. The van der Waals surface area contributed by atoms with E-state index < -0.39 is 0 Å². The van der Waals surface area contributed by atoms with E-state index in [2.05, 4.69) is 21.6 Å². The van der Waals surface area contributed by atoms with Crippen molar-refractivity contribution in [3.63, 3.8) is 0 Å². The minimum Gasteiger partial charge on any atom is -0.326 e. The van der Waals surface area contributed by atoms with E-state index >= 15 is 0 Å². The van der Waals surface area contributed by atoms with E-state index in [1.165, 1.54) is 18.7 Å². The van der Waals surface area contributed by atoms with Gasteiger partial charge in [-0.15, -0.1) is 10.2 Å². The maximum atomic E-state index is 11.2. The first-order valence-corrected chi connectivity index (χ1v) is 8.55. The molecular weight excluding hydrogens is 334 g/mol. The molecule has 1 aromatic heterocycles. The molecule has 124 valence electrons. The Labute approximate surface area is 149 Å². The van der Waals surface area contributed by atoms with Gasteiger partial charge in [-0.1, -0.05) is 36.0 Å². The normalized spacial score (nSPS) is 10.2. The first kappa shape index (κ1) is 16.7. The zero-order valence-corrected chi connectivity index (χ0v) is 14.3. The highest BCUT2D eigenvalue weighted by atomic mass is 32.2. The lowest BCUT2D eigenvalue weighted by molar-refractivity contribution is -0.114. The fraction of sp³-hybridized carbons (Fsp3) is 0.111. The summed E-state index contributed by atoms with van der Waals surface area (Å²) in [4.78, 5) is 11.2. The Morgan fingerprint density at radius 2 is 2.12 bits per heavy atom. The molecular formula is C18H15N5OS. The largest absolute Gasteiger partial charge is 0.326 e. The molecule has 3 aromatic rings. The topological polar surface area (TPSA) is 83.6 Å². The molecule has 1 N–H and O–H groups in total. The van der Waals surface area contributed by atoms with Gasteiger partial charge in [0.05, 0.1) is 17.3 Å². The molecule has 0 fully saturated rings. The molecule has 1 amide bonds. The van der Waals surface area contributed by atoms with Crippen molar-refractivity contribution in [2.24, 2.45) is 0 Å². The van der Waals surface area contributed by atoms with Crippen molar-refractivity contribution in [3.8, 4) is 11.8 Å². The Kier molecular flexibility index (Phi) is 5.11. The summed E-state index contributed by atoms with van der Waals surface area (Å²) < 4.78 is 1.85. The molecule has 6 nitrogen and oxygen atoms in total. The zero-order valence-electron chi connectivity index (χ0n) is 13.5. The van der Waals surface area contributed by atoms with E-state index in [9.17, 15) is 10.1 Å². The first-order chi connectivity index (χ1) is 12.2. The molecule has 3 rings (SSSR count). The molecule has 7 heteroatoms. The molecule has 2 aromatic carbocycles. The lowest BCUT2D eigenvalue weighted by atomic mass is 10.1. The van der Waals surface area contributed by atoms with Gasteiger partial charge in [-0.25, -0.2) is 0 Å². The van der Waals surface area contributed by atoms with E-state index in [0.717, 1.165) is 11.3 Å². The van der Waals surface area contributed by atoms with Gasteiger partial charge in [-0.3, -0.25) is 9.36 Å². The molecule has 25 heavy (non-hydrogen) atoms. The minimum absolute atomic E-state index is 0.122. The van der Waals surface area contributed by atoms with Crippen LogP contribution in [0.15, 0.2) is 60.0 Å². The predicted octanol–water partition coefficient (Wildman–Crippen LogP) is 3.39. The average molecular weight is 349 g/mol. The van der Waals surface area contributed by atoms with Crippen LogP contribution in [0, 0.1) is 11.3 Å². The molecule has 0 saturated heterocycles. The molecule has 0 bridgehead atoms. The molecule has 0 atom stereocenters. The third kappa shape index (κ3) is 4.05. The van der Waals surface area contributed by atoms with Crippen molar-refractivity contribution >= 4 is 23.4 Å². The molecule has 0 saturated carbocycles. The average Bonchev–Trinajstić information content (AvgIpc) is 3.08.